The number of hydrogen-bond acceptors (Lipinski definition) is 8. The van der Waals surface area contributed by atoms with Gasteiger partial charge in [-0.3, -0.25) is 9.59 Å². The van der Waals surface area contributed by atoms with Gasteiger partial charge in [-0.2, -0.15) is 0 Å². The largest absolute Gasteiger partial charge is 0.497 e. The normalized spacial score (nSPS) is 27.5. The van der Waals surface area contributed by atoms with Gasteiger partial charge in [-0.15, -0.1) is 0 Å². The van der Waals surface area contributed by atoms with Crippen LogP contribution in [-0.2, 0) is 39.9 Å². The number of benzene rings is 1. The van der Waals surface area contributed by atoms with Gasteiger partial charge in [0.2, 0.25) is 0 Å². The number of methoxy groups -OCH3 is 1. The minimum atomic E-state index is -1.45. The van der Waals surface area contributed by atoms with E-state index in [1.54, 1.807) is 21.0 Å². The molecule has 2 heterocycles. The summed E-state index contributed by atoms with van der Waals surface area (Å²) in [6.07, 6.45) is 0.545. The van der Waals surface area contributed by atoms with Gasteiger partial charge >= 0.3 is 11.9 Å². The fourth-order valence-corrected chi connectivity index (χ4v) is 5.08. The molecule has 8 nitrogen and oxygen atoms in total. The number of rotatable bonds is 6. The lowest BCUT2D eigenvalue weighted by Crippen LogP contribution is -2.59. The zero-order valence-electron chi connectivity index (χ0n) is 20.8. The summed E-state index contributed by atoms with van der Waals surface area (Å²) in [5.41, 5.74) is 1.44. The molecular weight excluding hydrogens is 440 g/mol. The molecule has 0 aromatic heterocycles. The van der Waals surface area contributed by atoms with Crippen molar-refractivity contribution in [3.8, 4) is 5.75 Å². The predicted octanol–water partition coefficient (Wildman–Crippen LogP) is 3.91. The smallest absolute Gasteiger partial charge is 0.327 e. The van der Waals surface area contributed by atoms with Crippen molar-refractivity contribution < 1.29 is 38.0 Å². The third-order valence-corrected chi connectivity index (χ3v) is 6.93. The highest BCUT2D eigenvalue weighted by molar-refractivity contribution is 6.02. The molecular formula is C26H34O8. The fourth-order valence-electron chi connectivity index (χ4n) is 5.08. The second-order valence-electron chi connectivity index (χ2n) is 10.1. The highest BCUT2D eigenvalue weighted by Crippen LogP contribution is 2.51. The van der Waals surface area contributed by atoms with Crippen molar-refractivity contribution >= 4 is 11.9 Å². The SMILES string of the molecule is COc1ccc(COCC2C(C)=C(C3COC(C)(C)O3)CCC23C(=O)OC(C)(C)OC3=O)cc1. The Morgan fingerprint density at radius 1 is 1.00 bits per heavy atom. The van der Waals surface area contributed by atoms with Crippen molar-refractivity contribution in [3.63, 3.8) is 0 Å². The monoisotopic (exact) mass is 474 g/mol. The summed E-state index contributed by atoms with van der Waals surface area (Å²) in [4.78, 5) is 26.6. The number of carbonyl (C=O) groups excluding carboxylic acids is 2. The van der Waals surface area contributed by atoms with E-state index in [4.69, 9.17) is 28.4 Å². The molecule has 0 bridgehead atoms. The average molecular weight is 475 g/mol. The third kappa shape index (κ3) is 4.59. The van der Waals surface area contributed by atoms with E-state index in [-0.39, 0.29) is 19.1 Å². The molecule has 0 amide bonds. The zero-order chi connectivity index (χ0) is 24.7. The lowest BCUT2D eigenvalue weighted by molar-refractivity contribution is -0.257. The van der Waals surface area contributed by atoms with Crippen LogP contribution in [0.3, 0.4) is 0 Å². The van der Waals surface area contributed by atoms with Gasteiger partial charge in [-0.1, -0.05) is 17.7 Å². The van der Waals surface area contributed by atoms with Gasteiger partial charge in [0, 0.05) is 19.8 Å². The third-order valence-electron chi connectivity index (χ3n) is 6.93. The van der Waals surface area contributed by atoms with E-state index in [2.05, 4.69) is 0 Å². The minimum Gasteiger partial charge on any atom is -0.497 e. The second kappa shape index (κ2) is 8.98. The number of ether oxygens (including phenoxy) is 6. The molecule has 34 heavy (non-hydrogen) atoms. The van der Waals surface area contributed by atoms with Gasteiger partial charge in [0.1, 0.15) is 11.9 Å². The molecule has 0 radical (unpaired) electrons. The van der Waals surface area contributed by atoms with Crippen LogP contribution in [0.2, 0.25) is 0 Å². The van der Waals surface area contributed by atoms with Gasteiger partial charge in [0.05, 0.1) is 26.9 Å². The van der Waals surface area contributed by atoms with Crippen LogP contribution >= 0.6 is 0 Å². The molecule has 4 rings (SSSR count). The average Bonchev–Trinajstić information content (AvgIpc) is 3.12. The van der Waals surface area contributed by atoms with Crippen molar-refractivity contribution in [1.82, 2.24) is 0 Å². The van der Waals surface area contributed by atoms with Crippen LogP contribution in [0.25, 0.3) is 0 Å². The highest BCUT2D eigenvalue weighted by Gasteiger charge is 2.62. The van der Waals surface area contributed by atoms with E-state index >= 15 is 0 Å². The van der Waals surface area contributed by atoms with Gasteiger partial charge in [-0.25, -0.2) is 0 Å². The van der Waals surface area contributed by atoms with Crippen LogP contribution in [0.15, 0.2) is 35.4 Å². The summed E-state index contributed by atoms with van der Waals surface area (Å²) >= 11 is 0. The van der Waals surface area contributed by atoms with Crippen LogP contribution in [0.1, 0.15) is 53.0 Å². The maximum Gasteiger partial charge on any atom is 0.327 e. The summed E-state index contributed by atoms with van der Waals surface area (Å²) in [5, 5.41) is 0. The standard InChI is InChI=1S/C26H34O8/c1-16-19(21-15-31-24(2,3)32-21)11-12-26(22(27)33-25(4,5)34-23(26)28)20(16)14-30-13-17-7-9-18(29-6)10-8-17/h7-10,20-21H,11-15H2,1-6H3. The Balaban J connectivity index is 1.61. The van der Waals surface area contributed by atoms with Crippen molar-refractivity contribution in [2.75, 3.05) is 20.3 Å². The van der Waals surface area contributed by atoms with E-state index in [1.807, 2.05) is 45.0 Å². The quantitative estimate of drug-likeness (QED) is 0.348. The van der Waals surface area contributed by atoms with Gasteiger partial charge in [-0.05, 0) is 56.9 Å². The topological polar surface area (TPSA) is 89.5 Å². The maximum absolute atomic E-state index is 13.3. The van der Waals surface area contributed by atoms with Crippen molar-refractivity contribution in [3.05, 3.63) is 41.0 Å². The van der Waals surface area contributed by atoms with Crippen molar-refractivity contribution in [2.24, 2.45) is 11.3 Å². The summed E-state index contributed by atoms with van der Waals surface area (Å²) in [6, 6.07) is 7.56. The molecule has 8 heteroatoms. The molecule has 2 saturated heterocycles. The molecule has 186 valence electrons. The van der Waals surface area contributed by atoms with Crippen LogP contribution in [0.5, 0.6) is 5.75 Å². The number of esters is 2. The summed E-state index contributed by atoms with van der Waals surface area (Å²) in [6.45, 7) is 9.72. The lowest BCUT2D eigenvalue weighted by atomic mass is 9.63. The Bertz CT molecular complexity index is 955. The maximum atomic E-state index is 13.3. The molecule has 2 fully saturated rings. The first-order chi connectivity index (χ1) is 16.0. The molecule has 1 aromatic rings. The Labute approximate surface area is 200 Å². The molecule has 2 atom stereocenters. The van der Waals surface area contributed by atoms with E-state index in [9.17, 15) is 9.59 Å². The number of hydrogen-bond donors (Lipinski definition) is 0. The Morgan fingerprint density at radius 3 is 2.21 bits per heavy atom. The van der Waals surface area contributed by atoms with E-state index in [0.717, 1.165) is 22.5 Å². The van der Waals surface area contributed by atoms with E-state index in [0.29, 0.717) is 19.6 Å². The van der Waals surface area contributed by atoms with Gasteiger partial charge in [0.25, 0.3) is 5.79 Å². The van der Waals surface area contributed by atoms with E-state index < -0.39 is 34.8 Å². The minimum absolute atomic E-state index is 0.156. The number of cyclic esters (lactones) is 2. The van der Waals surface area contributed by atoms with Crippen molar-refractivity contribution in [2.45, 2.75) is 71.7 Å². The van der Waals surface area contributed by atoms with Gasteiger partial charge < -0.3 is 28.4 Å². The van der Waals surface area contributed by atoms with Crippen LogP contribution in [-0.4, -0.2) is 49.9 Å². The number of carbonyl (C=O) groups is 2. The predicted molar refractivity (Wildman–Crippen MR) is 122 cm³/mol. The lowest BCUT2D eigenvalue weighted by Gasteiger charge is -2.47. The molecule has 1 aliphatic carbocycles. The van der Waals surface area contributed by atoms with Gasteiger partial charge in [0.15, 0.2) is 11.2 Å². The first-order valence-electron chi connectivity index (χ1n) is 11.7. The molecule has 0 saturated carbocycles. The van der Waals surface area contributed by atoms with Crippen LogP contribution in [0, 0.1) is 11.3 Å². The molecule has 2 aliphatic heterocycles. The summed E-state index contributed by atoms with van der Waals surface area (Å²) in [5.74, 6) is -2.88. The second-order valence-corrected chi connectivity index (χ2v) is 10.1. The summed E-state index contributed by atoms with van der Waals surface area (Å²) in [7, 11) is 1.62. The van der Waals surface area contributed by atoms with Crippen molar-refractivity contribution in [1.29, 1.82) is 0 Å². The van der Waals surface area contributed by atoms with Crippen LogP contribution < -0.4 is 4.74 Å². The molecule has 1 aromatic carbocycles. The first-order valence-corrected chi connectivity index (χ1v) is 11.7. The van der Waals surface area contributed by atoms with Crippen LogP contribution in [0.4, 0.5) is 0 Å². The molecule has 1 spiro atoms. The summed E-state index contributed by atoms with van der Waals surface area (Å²) < 4.78 is 34.3. The highest BCUT2D eigenvalue weighted by atomic mass is 16.8. The molecule has 2 unspecified atom stereocenters. The molecule has 0 N–H and O–H groups in total. The Hall–Kier alpha value is -2.42. The molecule has 3 aliphatic rings. The Morgan fingerprint density at radius 2 is 1.65 bits per heavy atom. The fraction of sp³-hybridized carbons (Fsp3) is 0.615. The van der Waals surface area contributed by atoms with E-state index in [1.165, 1.54) is 0 Å². The Kier molecular flexibility index (Phi) is 6.52. The first kappa shape index (κ1) is 24.7. The zero-order valence-corrected chi connectivity index (χ0v) is 20.8.